The fourth-order valence-corrected chi connectivity index (χ4v) is 5.22. The van der Waals surface area contributed by atoms with Crippen LogP contribution in [0.3, 0.4) is 0 Å². The SMILES string of the molecule is Cc1nn(C)cc1C(=O)Oc1c(C(=O)c2ccc(S(C)(=O)=O)c(Cn3cccn3)c2Cl)c(C)nn1C. The van der Waals surface area contributed by atoms with Gasteiger partial charge >= 0.3 is 5.97 Å². The van der Waals surface area contributed by atoms with Gasteiger partial charge in [-0.1, -0.05) is 11.6 Å². The lowest BCUT2D eigenvalue weighted by Crippen LogP contribution is -2.15. The van der Waals surface area contributed by atoms with Crippen LogP contribution in [0.4, 0.5) is 0 Å². The standard InChI is InChI=1S/C23H23ClN6O5S/c1-13-16(11-28(3)26-13)23(32)35-22-19(14(2)27-29(22)4)21(31)15-7-8-18(36(5,33)34)17(20(15)24)12-30-10-6-9-25-30/h6-11H,12H2,1-5H3. The van der Waals surface area contributed by atoms with Crippen molar-refractivity contribution in [2.75, 3.05) is 6.26 Å². The third-order valence-electron chi connectivity index (χ3n) is 5.54. The van der Waals surface area contributed by atoms with Crippen molar-refractivity contribution in [1.82, 2.24) is 29.3 Å². The second-order valence-electron chi connectivity index (χ2n) is 8.29. The number of carbonyl (C=O) groups excluding carboxylic acids is 2. The number of hydrogen-bond acceptors (Lipinski definition) is 8. The quantitative estimate of drug-likeness (QED) is 0.263. The third kappa shape index (κ3) is 4.69. The van der Waals surface area contributed by atoms with E-state index in [1.165, 1.54) is 32.4 Å². The molecule has 4 rings (SSSR count). The van der Waals surface area contributed by atoms with Gasteiger partial charge in [0.1, 0.15) is 11.1 Å². The molecule has 0 spiro atoms. The number of esters is 1. The average Bonchev–Trinajstić information content (AvgIpc) is 3.48. The van der Waals surface area contributed by atoms with Gasteiger partial charge in [0, 0.05) is 50.1 Å². The summed E-state index contributed by atoms with van der Waals surface area (Å²) in [5.74, 6) is -1.34. The Morgan fingerprint density at radius 3 is 2.39 bits per heavy atom. The van der Waals surface area contributed by atoms with Gasteiger partial charge in [-0.2, -0.15) is 15.3 Å². The highest BCUT2D eigenvalue weighted by atomic mass is 35.5. The van der Waals surface area contributed by atoms with Crippen LogP contribution < -0.4 is 4.74 Å². The first-order valence-corrected chi connectivity index (χ1v) is 12.9. The van der Waals surface area contributed by atoms with Crippen LogP contribution in [-0.2, 0) is 30.5 Å². The minimum atomic E-state index is -3.66. The lowest BCUT2D eigenvalue weighted by Gasteiger charge is -2.14. The van der Waals surface area contributed by atoms with Crippen LogP contribution in [-0.4, -0.2) is 55.8 Å². The number of rotatable bonds is 7. The molecule has 4 aromatic rings. The predicted octanol–water partition coefficient (Wildman–Crippen LogP) is 2.52. The van der Waals surface area contributed by atoms with Gasteiger partial charge in [0.2, 0.25) is 11.7 Å². The van der Waals surface area contributed by atoms with Crippen LogP contribution in [0.15, 0.2) is 41.7 Å². The molecule has 0 fully saturated rings. The summed E-state index contributed by atoms with van der Waals surface area (Å²) in [6.45, 7) is 3.30. The van der Waals surface area contributed by atoms with E-state index < -0.39 is 21.6 Å². The Hall–Kier alpha value is -3.77. The fraction of sp³-hybridized carbons (Fsp3) is 0.261. The molecule has 0 unspecified atom stereocenters. The molecule has 0 aliphatic heterocycles. The largest absolute Gasteiger partial charge is 0.403 e. The number of ketones is 1. The number of aromatic nitrogens is 6. The van der Waals surface area contributed by atoms with Crippen molar-refractivity contribution in [3.63, 3.8) is 0 Å². The van der Waals surface area contributed by atoms with Gasteiger partial charge < -0.3 is 4.74 Å². The zero-order valence-corrected chi connectivity index (χ0v) is 21.8. The van der Waals surface area contributed by atoms with Gasteiger partial charge in [0.05, 0.1) is 27.9 Å². The zero-order valence-electron chi connectivity index (χ0n) is 20.2. The van der Waals surface area contributed by atoms with E-state index in [9.17, 15) is 18.0 Å². The molecule has 13 heteroatoms. The van der Waals surface area contributed by atoms with Crippen molar-refractivity contribution in [3.8, 4) is 5.88 Å². The second kappa shape index (κ2) is 9.36. The molecule has 0 bridgehead atoms. The summed E-state index contributed by atoms with van der Waals surface area (Å²) in [5.41, 5.74) is 1.32. The molecule has 0 N–H and O–H groups in total. The Labute approximate surface area is 212 Å². The van der Waals surface area contributed by atoms with Crippen LogP contribution in [0.5, 0.6) is 5.88 Å². The molecule has 3 heterocycles. The van der Waals surface area contributed by atoms with Crippen molar-refractivity contribution in [2.24, 2.45) is 14.1 Å². The summed E-state index contributed by atoms with van der Waals surface area (Å²) in [6.07, 6.45) is 5.79. The van der Waals surface area contributed by atoms with Gasteiger partial charge in [0.25, 0.3) is 0 Å². The van der Waals surface area contributed by atoms with Gasteiger partial charge in [-0.25, -0.2) is 17.9 Å². The van der Waals surface area contributed by atoms with E-state index in [1.807, 2.05) is 0 Å². The predicted molar refractivity (Wildman–Crippen MR) is 130 cm³/mol. The maximum atomic E-state index is 13.7. The molecule has 3 aromatic heterocycles. The van der Waals surface area contributed by atoms with Crippen LogP contribution in [0, 0.1) is 13.8 Å². The molecule has 0 radical (unpaired) electrons. The number of aryl methyl sites for hydroxylation is 4. The van der Waals surface area contributed by atoms with Gasteiger partial charge in [0.15, 0.2) is 9.84 Å². The average molecular weight is 531 g/mol. The Morgan fingerprint density at radius 2 is 1.81 bits per heavy atom. The topological polar surface area (TPSA) is 131 Å². The van der Waals surface area contributed by atoms with E-state index >= 15 is 0 Å². The molecule has 0 saturated carbocycles. The van der Waals surface area contributed by atoms with Crippen molar-refractivity contribution in [1.29, 1.82) is 0 Å². The summed E-state index contributed by atoms with van der Waals surface area (Å²) in [7, 11) is -0.439. The smallest absolute Gasteiger partial charge is 0.348 e. The van der Waals surface area contributed by atoms with Crippen LogP contribution in [0.2, 0.25) is 5.02 Å². The number of sulfone groups is 1. The molecule has 11 nitrogen and oxygen atoms in total. The highest BCUT2D eigenvalue weighted by Gasteiger charge is 2.29. The number of hydrogen-bond donors (Lipinski definition) is 0. The fourth-order valence-electron chi connectivity index (χ4n) is 3.92. The number of nitrogens with zero attached hydrogens (tertiary/aromatic N) is 6. The van der Waals surface area contributed by atoms with Crippen LogP contribution in [0.25, 0.3) is 0 Å². The Balaban J connectivity index is 1.79. The second-order valence-corrected chi connectivity index (χ2v) is 10.7. The molecular weight excluding hydrogens is 508 g/mol. The Kier molecular flexibility index (Phi) is 6.58. The highest BCUT2D eigenvalue weighted by Crippen LogP contribution is 2.33. The number of benzene rings is 1. The monoisotopic (exact) mass is 530 g/mol. The maximum Gasteiger partial charge on any atom is 0.348 e. The Bertz CT molecular complexity index is 1600. The van der Waals surface area contributed by atoms with E-state index in [-0.39, 0.29) is 44.6 Å². The molecule has 36 heavy (non-hydrogen) atoms. The zero-order chi connectivity index (χ0) is 26.4. The minimum Gasteiger partial charge on any atom is -0.403 e. The normalized spacial score (nSPS) is 11.6. The molecule has 1 aromatic carbocycles. The summed E-state index contributed by atoms with van der Waals surface area (Å²) < 4.78 is 34.7. The summed E-state index contributed by atoms with van der Waals surface area (Å²) >= 11 is 6.65. The molecule has 0 aliphatic carbocycles. The lowest BCUT2D eigenvalue weighted by molar-refractivity contribution is 0.0717. The van der Waals surface area contributed by atoms with Crippen molar-refractivity contribution < 1.29 is 22.7 Å². The van der Waals surface area contributed by atoms with E-state index in [0.717, 1.165) is 6.26 Å². The van der Waals surface area contributed by atoms with E-state index in [0.29, 0.717) is 11.4 Å². The van der Waals surface area contributed by atoms with Crippen LogP contribution in [0.1, 0.15) is 43.2 Å². The third-order valence-corrected chi connectivity index (χ3v) is 7.16. The van der Waals surface area contributed by atoms with Crippen molar-refractivity contribution >= 4 is 33.2 Å². The van der Waals surface area contributed by atoms with Crippen LogP contribution >= 0.6 is 11.6 Å². The van der Waals surface area contributed by atoms with Gasteiger partial charge in [-0.3, -0.25) is 14.2 Å². The maximum absolute atomic E-state index is 13.7. The number of carbonyl (C=O) groups is 2. The van der Waals surface area contributed by atoms with Gasteiger partial charge in [-0.05, 0) is 32.0 Å². The first-order valence-electron chi connectivity index (χ1n) is 10.7. The van der Waals surface area contributed by atoms with Crippen molar-refractivity contribution in [2.45, 2.75) is 25.3 Å². The van der Waals surface area contributed by atoms with E-state index in [1.54, 1.807) is 46.4 Å². The van der Waals surface area contributed by atoms with Crippen molar-refractivity contribution in [3.05, 3.63) is 75.5 Å². The minimum absolute atomic E-state index is 0.0128. The molecule has 0 saturated heterocycles. The Morgan fingerprint density at radius 1 is 1.08 bits per heavy atom. The molecule has 0 aliphatic rings. The first kappa shape index (κ1) is 25.3. The van der Waals surface area contributed by atoms with E-state index in [4.69, 9.17) is 16.3 Å². The van der Waals surface area contributed by atoms with E-state index in [2.05, 4.69) is 15.3 Å². The van der Waals surface area contributed by atoms with Gasteiger partial charge in [-0.15, -0.1) is 0 Å². The number of halogens is 1. The highest BCUT2D eigenvalue weighted by molar-refractivity contribution is 7.90. The first-order chi connectivity index (χ1) is 16.9. The molecular formula is C23H23ClN6O5S. The lowest BCUT2D eigenvalue weighted by atomic mass is 10.0. The summed E-state index contributed by atoms with van der Waals surface area (Å²) in [4.78, 5) is 26.5. The number of ether oxygens (including phenoxy) is 1. The molecule has 188 valence electrons. The molecule has 0 amide bonds. The summed E-state index contributed by atoms with van der Waals surface area (Å²) in [5, 5.41) is 12.5. The molecule has 0 atom stereocenters. The summed E-state index contributed by atoms with van der Waals surface area (Å²) in [6, 6.07) is 4.37.